The molecule has 0 bridgehead atoms. The first-order valence-corrected chi connectivity index (χ1v) is 5.36. The van der Waals surface area contributed by atoms with Gasteiger partial charge in [0, 0.05) is 6.20 Å². The molecule has 0 aromatic carbocycles. The second kappa shape index (κ2) is 3.45. The van der Waals surface area contributed by atoms with Crippen LogP contribution in [0.3, 0.4) is 0 Å². The van der Waals surface area contributed by atoms with Gasteiger partial charge in [-0.3, -0.25) is 4.79 Å². The number of hydrogen-bond donors (Lipinski definition) is 2. The Labute approximate surface area is 93.2 Å². The van der Waals surface area contributed by atoms with Crippen molar-refractivity contribution in [3.05, 3.63) is 17.8 Å². The minimum atomic E-state index is -0.116. The van der Waals surface area contributed by atoms with Crippen LogP contribution in [0.4, 0.5) is 11.5 Å². The van der Waals surface area contributed by atoms with Gasteiger partial charge in [-0.05, 0) is 18.6 Å². The molecule has 3 heterocycles. The highest BCUT2D eigenvalue weighted by atomic mass is 16.5. The van der Waals surface area contributed by atoms with Gasteiger partial charge in [0.25, 0.3) is 0 Å². The maximum atomic E-state index is 11.9. The monoisotopic (exact) mass is 219 g/mol. The van der Waals surface area contributed by atoms with Crippen molar-refractivity contribution in [3.63, 3.8) is 0 Å². The van der Waals surface area contributed by atoms with Gasteiger partial charge in [-0.15, -0.1) is 0 Å². The number of carbonyl (C=O) groups is 1. The van der Waals surface area contributed by atoms with Crippen molar-refractivity contribution in [2.75, 3.05) is 23.8 Å². The second-order valence-electron chi connectivity index (χ2n) is 4.29. The van der Waals surface area contributed by atoms with E-state index in [1.165, 1.54) is 0 Å². The molecule has 5 heteroatoms. The summed E-state index contributed by atoms with van der Waals surface area (Å²) in [4.78, 5) is 16.2. The number of amides is 1. The fraction of sp³-hybridized carbons (Fsp3) is 0.455. The van der Waals surface area contributed by atoms with Gasteiger partial charge in [0.05, 0.1) is 30.9 Å². The van der Waals surface area contributed by atoms with E-state index in [1.54, 1.807) is 6.20 Å². The Morgan fingerprint density at radius 2 is 2.38 bits per heavy atom. The largest absolute Gasteiger partial charge is 0.378 e. The molecule has 5 nitrogen and oxygen atoms in total. The van der Waals surface area contributed by atoms with Crippen LogP contribution in [0.2, 0.25) is 0 Å². The number of carbonyl (C=O) groups excluding carboxylic acids is 1. The normalized spacial score (nSPS) is 27.4. The summed E-state index contributed by atoms with van der Waals surface area (Å²) in [5.41, 5.74) is 1.79. The van der Waals surface area contributed by atoms with Crippen molar-refractivity contribution in [2.24, 2.45) is 5.92 Å². The van der Waals surface area contributed by atoms with Gasteiger partial charge in [-0.1, -0.05) is 0 Å². The molecule has 1 aromatic rings. The third-order valence-electron chi connectivity index (χ3n) is 3.02. The summed E-state index contributed by atoms with van der Waals surface area (Å²) in [7, 11) is 0. The van der Waals surface area contributed by atoms with Crippen molar-refractivity contribution >= 4 is 17.4 Å². The number of hydrogen-bond acceptors (Lipinski definition) is 4. The average molecular weight is 219 g/mol. The predicted molar refractivity (Wildman–Crippen MR) is 59.3 cm³/mol. The first kappa shape index (κ1) is 9.59. The number of nitrogens with zero attached hydrogens (tertiary/aromatic N) is 1. The zero-order valence-electron chi connectivity index (χ0n) is 8.99. The number of ether oxygens (including phenoxy) is 1. The molecule has 2 aliphatic rings. The van der Waals surface area contributed by atoms with Crippen LogP contribution in [0.25, 0.3) is 0 Å². The Bertz CT molecular complexity index is 447. The highest BCUT2D eigenvalue weighted by molar-refractivity contribution is 5.97. The Morgan fingerprint density at radius 3 is 3.25 bits per heavy atom. The molecular formula is C11H13N3O2. The number of anilines is 2. The van der Waals surface area contributed by atoms with Crippen molar-refractivity contribution in [1.29, 1.82) is 0 Å². The molecule has 0 aliphatic carbocycles. The second-order valence-corrected chi connectivity index (χ2v) is 4.29. The highest BCUT2D eigenvalue weighted by Gasteiger charge is 2.37. The van der Waals surface area contributed by atoms with Gasteiger partial charge in [0.1, 0.15) is 5.82 Å². The lowest BCUT2D eigenvalue weighted by molar-refractivity contribution is -0.119. The summed E-state index contributed by atoms with van der Waals surface area (Å²) in [6, 6.07) is 1.96. The number of fused-ring (bicyclic) bond motifs is 2. The first-order valence-electron chi connectivity index (χ1n) is 5.36. The lowest BCUT2D eigenvalue weighted by Gasteiger charge is -2.13. The van der Waals surface area contributed by atoms with Gasteiger partial charge in [0.15, 0.2) is 0 Å². The molecule has 0 spiro atoms. The number of pyridine rings is 1. The van der Waals surface area contributed by atoms with E-state index < -0.39 is 0 Å². The van der Waals surface area contributed by atoms with Crippen molar-refractivity contribution in [1.82, 2.24) is 4.98 Å². The molecule has 2 unspecified atom stereocenters. The van der Waals surface area contributed by atoms with E-state index in [0.717, 1.165) is 17.1 Å². The number of nitrogens with one attached hydrogen (secondary N) is 2. The summed E-state index contributed by atoms with van der Waals surface area (Å²) in [5, 5.41) is 6.15. The average Bonchev–Trinajstić information content (AvgIpc) is 2.65. The Kier molecular flexibility index (Phi) is 2.07. The Morgan fingerprint density at radius 1 is 1.50 bits per heavy atom. The third kappa shape index (κ3) is 1.44. The zero-order chi connectivity index (χ0) is 11.1. The SMILES string of the molecule is Cc1cnc2c(c1)NC(=O)C1COCC1N2. The van der Waals surface area contributed by atoms with Crippen LogP contribution in [0.1, 0.15) is 5.56 Å². The molecule has 2 N–H and O–H groups in total. The molecule has 1 aromatic heterocycles. The number of aromatic nitrogens is 1. The van der Waals surface area contributed by atoms with E-state index in [9.17, 15) is 4.79 Å². The van der Waals surface area contributed by atoms with Crippen LogP contribution in [-0.2, 0) is 9.53 Å². The standard InChI is InChI=1S/C11H13N3O2/c1-6-2-8-10(12-3-6)13-9-5-16-4-7(9)11(15)14-8/h2-3,7,9H,4-5H2,1H3,(H,12,13)(H,14,15). The van der Waals surface area contributed by atoms with E-state index in [1.807, 2.05) is 13.0 Å². The molecule has 3 rings (SSSR count). The molecule has 2 atom stereocenters. The Hall–Kier alpha value is -1.62. The van der Waals surface area contributed by atoms with E-state index in [4.69, 9.17) is 4.74 Å². The van der Waals surface area contributed by atoms with Gasteiger partial charge in [-0.2, -0.15) is 0 Å². The number of aryl methyl sites for hydroxylation is 1. The first-order chi connectivity index (χ1) is 7.74. The quantitative estimate of drug-likeness (QED) is 0.676. The molecule has 1 amide bonds. The van der Waals surface area contributed by atoms with Crippen molar-refractivity contribution in [3.8, 4) is 0 Å². The molecular weight excluding hydrogens is 206 g/mol. The van der Waals surface area contributed by atoms with Gasteiger partial charge in [0.2, 0.25) is 5.91 Å². The lowest BCUT2D eigenvalue weighted by Crippen LogP contribution is -2.33. The fourth-order valence-corrected chi connectivity index (χ4v) is 2.14. The lowest BCUT2D eigenvalue weighted by atomic mass is 10.0. The van der Waals surface area contributed by atoms with Crippen LogP contribution in [0.5, 0.6) is 0 Å². The van der Waals surface area contributed by atoms with E-state index in [2.05, 4.69) is 15.6 Å². The molecule has 0 saturated carbocycles. The van der Waals surface area contributed by atoms with Gasteiger partial charge >= 0.3 is 0 Å². The minimum Gasteiger partial charge on any atom is -0.378 e. The van der Waals surface area contributed by atoms with Crippen LogP contribution < -0.4 is 10.6 Å². The molecule has 0 radical (unpaired) electrons. The van der Waals surface area contributed by atoms with E-state index >= 15 is 0 Å². The zero-order valence-corrected chi connectivity index (χ0v) is 8.99. The molecule has 2 aliphatic heterocycles. The maximum Gasteiger partial charge on any atom is 0.232 e. The van der Waals surface area contributed by atoms with Crippen LogP contribution >= 0.6 is 0 Å². The molecule has 1 saturated heterocycles. The van der Waals surface area contributed by atoms with Crippen LogP contribution in [0.15, 0.2) is 12.3 Å². The van der Waals surface area contributed by atoms with Gasteiger partial charge in [-0.25, -0.2) is 4.98 Å². The third-order valence-corrected chi connectivity index (χ3v) is 3.02. The van der Waals surface area contributed by atoms with Crippen LogP contribution in [-0.4, -0.2) is 30.1 Å². The fourth-order valence-electron chi connectivity index (χ4n) is 2.14. The molecule has 84 valence electrons. The predicted octanol–water partition coefficient (Wildman–Crippen LogP) is 0.769. The smallest absolute Gasteiger partial charge is 0.232 e. The van der Waals surface area contributed by atoms with Crippen LogP contribution in [0, 0.1) is 12.8 Å². The van der Waals surface area contributed by atoms with Gasteiger partial charge < -0.3 is 15.4 Å². The Balaban J connectivity index is 2.01. The van der Waals surface area contributed by atoms with E-state index in [0.29, 0.717) is 13.2 Å². The maximum absolute atomic E-state index is 11.9. The highest BCUT2D eigenvalue weighted by Crippen LogP contribution is 2.29. The summed E-state index contributed by atoms with van der Waals surface area (Å²) < 4.78 is 5.31. The number of rotatable bonds is 0. The molecule has 16 heavy (non-hydrogen) atoms. The van der Waals surface area contributed by atoms with E-state index in [-0.39, 0.29) is 17.9 Å². The van der Waals surface area contributed by atoms with Crippen molar-refractivity contribution in [2.45, 2.75) is 13.0 Å². The summed E-state index contributed by atoms with van der Waals surface area (Å²) >= 11 is 0. The topological polar surface area (TPSA) is 63.2 Å². The summed E-state index contributed by atoms with van der Waals surface area (Å²) in [5.74, 6) is 0.632. The molecule has 1 fully saturated rings. The minimum absolute atomic E-state index is 0.0150. The summed E-state index contributed by atoms with van der Waals surface area (Å²) in [6.07, 6.45) is 1.79. The van der Waals surface area contributed by atoms with Crippen molar-refractivity contribution < 1.29 is 9.53 Å². The summed E-state index contributed by atoms with van der Waals surface area (Å²) in [6.45, 7) is 3.00.